The predicted molar refractivity (Wildman–Crippen MR) is 97.1 cm³/mol. The average molecular weight is 338 g/mol. The molecular formula is C20H22N2O3. The van der Waals surface area contributed by atoms with E-state index in [1.165, 1.54) is 0 Å². The highest BCUT2D eigenvalue weighted by Crippen LogP contribution is 2.31. The Hall–Kier alpha value is -3.00. The van der Waals surface area contributed by atoms with Gasteiger partial charge >= 0.3 is 0 Å². The van der Waals surface area contributed by atoms with Crippen molar-refractivity contribution in [3.8, 4) is 17.6 Å². The summed E-state index contributed by atoms with van der Waals surface area (Å²) in [5.74, 6) is 0.999. The molecule has 0 aliphatic rings. The van der Waals surface area contributed by atoms with Gasteiger partial charge < -0.3 is 14.8 Å². The minimum atomic E-state index is -0.277. The highest BCUT2D eigenvalue weighted by molar-refractivity contribution is 6.04. The number of carbonyl (C=O) groups is 1. The number of nitrogens with one attached hydrogen (secondary N) is 1. The highest BCUT2D eigenvalue weighted by Gasteiger charge is 2.11. The molecule has 25 heavy (non-hydrogen) atoms. The van der Waals surface area contributed by atoms with E-state index in [2.05, 4.69) is 5.32 Å². The summed E-state index contributed by atoms with van der Waals surface area (Å²) in [6, 6.07) is 13.9. The van der Waals surface area contributed by atoms with Crippen LogP contribution in [0, 0.1) is 11.3 Å². The van der Waals surface area contributed by atoms with E-state index in [1.54, 1.807) is 42.5 Å². The van der Waals surface area contributed by atoms with Crippen molar-refractivity contribution in [1.29, 1.82) is 5.26 Å². The Labute approximate surface area is 148 Å². The van der Waals surface area contributed by atoms with Crippen molar-refractivity contribution in [3.63, 3.8) is 0 Å². The first kappa shape index (κ1) is 18.3. The fourth-order valence-corrected chi connectivity index (χ4v) is 2.18. The van der Waals surface area contributed by atoms with Crippen LogP contribution < -0.4 is 14.8 Å². The lowest BCUT2D eigenvalue weighted by Gasteiger charge is -2.14. The van der Waals surface area contributed by atoms with Gasteiger partial charge in [-0.25, -0.2) is 0 Å². The van der Waals surface area contributed by atoms with Crippen LogP contribution in [0.4, 0.5) is 5.69 Å². The number of benzene rings is 2. The molecule has 0 radical (unpaired) electrons. The molecule has 0 aromatic heterocycles. The molecule has 2 rings (SSSR count). The topological polar surface area (TPSA) is 71.3 Å². The van der Waals surface area contributed by atoms with Crippen LogP contribution >= 0.6 is 0 Å². The summed E-state index contributed by atoms with van der Waals surface area (Å²) in [5.41, 5.74) is 1.49. The van der Waals surface area contributed by atoms with Gasteiger partial charge in [0, 0.05) is 17.3 Å². The summed E-state index contributed by atoms with van der Waals surface area (Å²) in [7, 11) is 0. The summed E-state index contributed by atoms with van der Waals surface area (Å²) in [4.78, 5) is 12.4. The van der Waals surface area contributed by atoms with Crippen molar-refractivity contribution in [2.45, 2.75) is 26.7 Å². The normalized spacial score (nSPS) is 9.96. The molecule has 0 fully saturated rings. The third-order valence-electron chi connectivity index (χ3n) is 3.38. The summed E-state index contributed by atoms with van der Waals surface area (Å²) in [6.45, 7) is 5.25. The van der Waals surface area contributed by atoms with Crippen molar-refractivity contribution < 1.29 is 14.3 Å². The van der Waals surface area contributed by atoms with Crippen LogP contribution in [0.5, 0.6) is 11.5 Å². The summed E-state index contributed by atoms with van der Waals surface area (Å²) in [6.07, 6.45) is 1.78. The number of hydrogen-bond donors (Lipinski definition) is 1. The lowest BCUT2D eigenvalue weighted by molar-refractivity contribution is 0.102. The molecule has 0 unspecified atom stereocenters. The van der Waals surface area contributed by atoms with Gasteiger partial charge in [0.25, 0.3) is 5.91 Å². The average Bonchev–Trinajstić information content (AvgIpc) is 2.65. The van der Waals surface area contributed by atoms with E-state index in [-0.39, 0.29) is 5.91 Å². The van der Waals surface area contributed by atoms with Crippen LogP contribution in [0.15, 0.2) is 42.5 Å². The number of hydrogen-bond acceptors (Lipinski definition) is 4. The number of nitrogens with zero attached hydrogens (tertiary/aromatic N) is 1. The summed E-state index contributed by atoms with van der Waals surface area (Å²) in [5, 5.41) is 11.8. The number of amides is 1. The molecule has 0 atom stereocenters. The lowest BCUT2D eigenvalue weighted by Crippen LogP contribution is -2.12. The monoisotopic (exact) mass is 338 g/mol. The molecule has 5 nitrogen and oxygen atoms in total. The Morgan fingerprint density at radius 3 is 2.44 bits per heavy atom. The highest BCUT2D eigenvalue weighted by atomic mass is 16.5. The van der Waals surface area contributed by atoms with E-state index >= 15 is 0 Å². The number of nitriles is 1. The minimum absolute atomic E-state index is 0.277. The smallest absolute Gasteiger partial charge is 0.255 e. The number of ether oxygens (including phenoxy) is 2. The van der Waals surface area contributed by atoms with Crippen molar-refractivity contribution in [2.75, 3.05) is 18.5 Å². The second-order valence-electron chi connectivity index (χ2n) is 5.51. The molecule has 1 amide bonds. The molecule has 2 aromatic carbocycles. The summed E-state index contributed by atoms with van der Waals surface area (Å²) >= 11 is 0. The maximum atomic E-state index is 12.4. The maximum Gasteiger partial charge on any atom is 0.255 e. The molecule has 0 bridgehead atoms. The van der Waals surface area contributed by atoms with Gasteiger partial charge in [-0.1, -0.05) is 19.9 Å². The fraction of sp³-hybridized carbons (Fsp3) is 0.300. The third kappa shape index (κ3) is 5.25. The van der Waals surface area contributed by atoms with Crippen LogP contribution in [0.25, 0.3) is 0 Å². The molecule has 0 aliphatic carbocycles. The fourth-order valence-electron chi connectivity index (χ4n) is 2.18. The minimum Gasteiger partial charge on any atom is -0.490 e. The first-order chi connectivity index (χ1) is 12.2. The van der Waals surface area contributed by atoms with E-state index in [9.17, 15) is 4.79 Å². The van der Waals surface area contributed by atoms with Crippen LogP contribution in [0.1, 0.15) is 42.6 Å². The van der Waals surface area contributed by atoms with Crippen molar-refractivity contribution in [1.82, 2.24) is 0 Å². The lowest BCUT2D eigenvalue weighted by atomic mass is 10.1. The Morgan fingerprint density at radius 2 is 1.76 bits per heavy atom. The van der Waals surface area contributed by atoms with Gasteiger partial charge in [-0.2, -0.15) is 5.26 Å². The molecule has 130 valence electrons. The molecule has 5 heteroatoms. The van der Waals surface area contributed by atoms with Crippen molar-refractivity contribution in [3.05, 3.63) is 53.6 Å². The van der Waals surface area contributed by atoms with Gasteiger partial charge in [-0.05, 0) is 43.2 Å². The number of carbonyl (C=O) groups excluding carboxylic acids is 1. The maximum absolute atomic E-state index is 12.4. The van der Waals surface area contributed by atoms with Crippen LogP contribution in [0.2, 0.25) is 0 Å². The van der Waals surface area contributed by atoms with E-state index in [0.29, 0.717) is 41.5 Å². The van der Waals surface area contributed by atoms with E-state index in [1.807, 2.05) is 19.9 Å². The van der Waals surface area contributed by atoms with Crippen LogP contribution in [-0.2, 0) is 0 Å². The molecule has 0 heterocycles. The van der Waals surface area contributed by atoms with Crippen LogP contribution in [-0.4, -0.2) is 19.1 Å². The molecule has 2 aromatic rings. The first-order valence-corrected chi connectivity index (χ1v) is 8.39. The van der Waals surface area contributed by atoms with E-state index in [4.69, 9.17) is 14.7 Å². The van der Waals surface area contributed by atoms with Gasteiger partial charge in [-0.15, -0.1) is 0 Å². The molecule has 0 saturated heterocycles. The van der Waals surface area contributed by atoms with Gasteiger partial charge in [0.05, 0.1) is 24.8 Å². The zero-order chi connectivity index (χ0) is 18.1. The Bertz CT molecular complexity index is 766. The molecule has 0 aliphatic heterocycles. The van der Waals surface area contributed by atoms with Gasteiger partial charge in [-0.3, -0.25) is 4.79 Å². The van der Waals surface area contributed by atoms with Crippen LogP contribution in [0.3, 0.4) is 0 Å². The van der Waals surface area contributed by atoms with Gasteiger partial charge in [0.15, 0.2) is 11.5 Å². The molecular weight excluding hydrogens is 316 g/mol. The SMILES string of the molecule is CCCOc1ccc(NC(=O)c2cccc(C#N)c2)cc1OCCC. The largest absolute Gasteiger partial charge is 0.490 e. The van der Waals surface area contributed by atoms with E-state index in [0.717, 1.165) is 12.8 Å². The first-order valence-electron chi connectivity index (χ1n) is 8.39. The van der Waals surface area contributed by atoms with Crippen molar-refractivity contribution >= 4 is 11.6 Å². The second-order valence-corrected chi connectivity index (χ2v) is 5.51. The van der Waals surface area contributed by atoms with E-state index < -0.39 is 0 Å². The van der Waals surface area contributed by atoms with Gasteiger partial charge in [0.2, 0.25) is 0 Å². The van der Waals surface area contributed by atoms with Gasteiger partial charge in [0.1, 0.15) is 0 Å². The standard InChI is InChI=1S/C20H22N2O3/c1-3-10-24-18-9-8-17(13-19(18)25-11-4-2)22-20(23)16-7-5-6-15(12-16)14-21/h5-9,12-13H,3-4,10-11H2,1-2H3,(H,22,23). The second kappa shape index (κ2) is 9.33. The Balaban J connectivity index is 2.17. The number of rotatable bonds is 8. The zero-order valence-corrected chi connectivity index (χ0v) is 14.5. The molecule has 0 saturated carbocycles. The quantitative estimate of drug-likeness (QED) is 0.775. The Morgan fingerprint density at radius 1 is 1.04 bits per heavy atom. The molecule has 1 N–H and O–H groups in total. The zero-order valence-electron chi connectivity index (χ0n) is 14.5. The Kier molecular flexibility index (Phi) is 6.85. The third-order valence-corrected chi connectivity index (χ3v) is 3.38. The summed E-state index contributed by atoms with van der Waals surface area (Å²) < 4.78 is 11.4. The van der Waals surface area contributed by atoms with Crippen molar-refractivity contribution in [2.24, 2.45) is 0 Å². The number of anilines is 1. The predicted octanol–water partition coefficient (Wildman–Crippen LogP) is 4.39. The molecule has 0 spiro atoms.